The Bertz CT molecular complexity index is 751. The zero-order valence-corrected chi connectivity index (χ0v) is 11.9. The predicted molar refractivity (Wildman–Crippen MR) is 83.4 cm³/mol. The van der Waals surface area contributed by atoms with Crippen molar-refractivity contribution < 1.29 is 0 Å². The lowest BCUT2D eigenvalue weighted by atomic mass is 10.1. The Kier molecular flexibility index (Phi) is 3.38. The third-order valence-electron chi connectivity index (χ3n) is 2.94. The molecular weight excluding hydrogens is 293 g/mol. The Balaban J connectivity index is 2.11. The van der Waals surface area contributed by atoms with Crippen molar-refractivity contribution in [1.29, 1.82) is 0 Å². The second kappa shape index (κ2) is 5.19. The number of aromatic nitrogens is 2. The Morgan fingerprint density at radius 3 is 2.45 bits per heavy atom. The van der Waals surface area contributed by atoms with Gasteiger partial charge in [0.2, 0.25) is 0 Å². The Labute approximate surface area is 126 Å². The first-order valence-corrected chi connectivity index (χ1v) is 6.77. The molecule has 0 aliphatic heterocycles. The maximum atomic E-state index is 6.19. The molecule has 0 saturated heterocycles. The van der Waals surface area contributed by atoms with Gasteiger partial charge < -0.3 is 5.73 Å². The van der Waals surface area contributed by atoms with Crippen molar-refractivity contribution in [3.8, 4) is 16.9 Å². The third kappa shape index (κ3) is 2.38. The first kappa shape index (κ1) is 13.0. The molecule has 0 bridgehead atoms. The molecule has 0 aliphatic rings. The highest BCUT2D eigenvalue weighted by Gasteiger charge is 2.11. The van der Waals surface area contributed by atoms with Gasteiger partial charge in [-0.05, 0) is 30.3 Å². The summed E-state index contributed by atoms with van der Waals surface area (Å²) in [6.07, 6.45) is 0. The summed E-state index contributed by atoms with van der Waals surface area (Å²) in [6.45, 7) is 0. The van der Waals surface area contributed by atoms with E-state index in [1.54, 1.807) is 28.9 Å². The molecule has 1 aromatic heterocycles. The highest BCUT2D eigenvalue weighted by molar-refractivity contribution is 6.35. The number of nitrogens with two attached hydrogens (primary N) is 1. The fourth-order valence-electron chi connectivity index (χ4n) is 2.00. The second-order valence-corrected chi connectivity index (χ2v) is 5.17. The van der Waals surface area contributed by atoms with Crippen LogP contribution in [0.1, 0.15) is 0 Å². The molecule has 2 N–H and O–H groups in total. The number of nitrogens with zero attached hydrogens (tertiary/aromatic N) is 2. The van der Waals surface area contributed by atoms with E-state index >= 15 is 0 Å². The lowest BCUT2D eigenvalue weighted by Gasteiger charge is -2.03. The zero-order chi connectivity index (χ0) is 14.1. The molecule has 20 heavy (non-hydrogen) atoms. The molecule has 3 rings (SSSR count). The van der Waals surface area contributed by atoms with E-state index in [0.717, 1.165) is 11.3 Å². The van der Waals surface area contributed by atoms with Gasteiger partial charge in [0.25, 0.3) is 0 Å². The van der Waals surface area contributed by atoms with Crippen molar-refractivity contribution >= 4 is 29.0 Å². The lowest BCUT2D eigenvalue weighted by Crippen LogP contribution is -2.01. The van der Waals surface area contributed by atoms with E-state index in [-0.39, 0.29) is 0 Å². The van der Waals surface area contributed by atoms with Gasteiger partial charge in [-0.15, -0.1) is 0 Å². The molecule has 100 valence electrons. The van der Waals surface area contributed by atoms with E-state index in [4.69, 9.17) is 28.9 Å². The van der Waals surface area contributed by atoms with Crippen molar-refractivity contribution in [3.63, 3.8) is 0 Å². The molecule has 0 amide bonds. The summed E-state index contributed by atoms with van der Waals surface area (Å²) in [5, 5.41) is 5.70. The number of anilines is 1. The Morgan fingerprint density at radius 2 is 1.70 bits per heavy atom. The van der Waals surface area contributed by atoms with Crippen molar-refractivity contribution in [2.75, 3.05) is 5.73 Å². The van der Waals surface area contributed by atoms with Crippen LogP contribution in [-0.2, 0) is 0 Å². The maximum absolute atomic E-state index is 6.19. The number of rotatable bonds is 2. The van der Waals surface area contributed by atoms with Gasteiger partial charge in [-0.2, -0.15) is 5.10 Å². The third-order valence-corrected chi connectivity index (χ3v) is 3.51. The summed E-state index contributed by atoms with van der Waals surface area (Å²) < 4.78 is 1.67. The normalized spacial score (nSPS) is 10.7. The average molecular weight is 304 g/mol. The van der Waals surface area contributed by atoms with E-state index in [0.29, 0.717) is 21.6 Å². The number of benzene rings is 2. The molecule has 0 radical (unpaired) electrons. The van der Waals surface area contributed by atoms with Gasteiger partial charge in [-0.1, -0.05) is 41.4 Å². The van der Waals surface area contributed by atoms with E-state index in [9.17, 15) is 0 Å². The van der Waals surface area contributed by atoms with Gasteiger partial charge in [0, 0.05) is 16.7 Å². The number of halogens is 2. The van der Waals surface area contributed by atoms with Crippen molar-refractivity contribution in [2.24, 2.45) is 0 Å². The highest BCUT2D eigenvalue weighted by atomic mass is 35.5. The van der Waals surface area contributed by atoms with Gasteiger partial charge in [0.15, 0.2) is 0 Å². The summed E-state index contributed by atoms with van der Waals surface area (Å²) in [5.74, 6) is 0.544. The van der Waals surface area contributed by atoms with E-state index in [1.165, 1.54) is 0 Å². The summed E-state index contributed by atoms with van der Waals surface area (Å²) in [5.41, 5.74) is 8.38. The van der Waals surface area contributed by atoms with Crippen LogP contribution in [0.15, 0.2) is 54.6 Å². The number of hydrogen-bond acceptors (Lipinski definition) is 2. The minimum absolute atomic E-state index is 0.544. The van der Waals surface area contributed by atoms with Crippen molar-refractivity contribution in [2.45, 2.75) is 0 Å². The number of hydrogen-bond donors (Lipinski definition) is 1. The van der Waals surface area contributed by atoms with Crippen LogP contribution in [0.5, 0.6) is 0 Å². The quantitative estimate of drug-likeness (QED) is 0.761. The highest BCUT2D eigenvalue weighted by Crippen LogP contribution is 2.31. The van der Waals surface area contributed by atoms with E-state index in [2.05, 4.69) is 5.10 Å². The zero-order valence-electron chi connectivity index (χ0n) is 10.4. The molecule has 0 fully saturated rings. The summed E-state index contributed by atoms with van der Waals surface area (Å²) in [4.78, 5) is 0. The molecule has 5 heteroatoms. The molecule has 0 unspecified atom stereocenters. The van der Waals surface area contributed by atoms with Crippen LogP contribution in [0, 0.1) is 0 Å². The fourth-order valence-corrected chi connectivity index (χ4v) is 2.38. The van der Waals surface area contributed by atoms with E-state index in [1.807, 2.05) is 30.3 Å². The summed E-state index contributed by atoms with van der Waals surface area (Å²) >= 11 is 12.2. The number of para-hydroxylation sites is 1. The van der Waals surface area contributed by atoms with Crippen molar-refractivity contribution in [1.82, 2.24) is 9.78 Å². The van der Waals surface area contributed by atoms with Gasteiger partial charge in [-0.3, -0.25) is 0 Å². The Hall–Kier alpha value is -1.97. The van der Waals surface area contributed by atoms with Gasteiger partial charge in [-0.25, -0.2) is 4.68 Å². The maximum Gasteiger partial charge on any atom is 0.127 e. The van der Waals surface area contributed by atoms with Crippen LogP contribution in [0.3, 0.4) is 0 Å². The predicted octanol–water partition coefficient (Wildman–Crippen LogP) is 4.43. The summed E-state index contributed by atoms with van der Waals surface area (Å²) in [6, 6.07) is 16.7. The molecule has 0 spiro atoms. The fraction of sp³-hybridized carbons (Fsp3) is 0. The van der Waals surface area contributed by atoms with Crippen molar-refractivity contribution in [3.05, 3.63) is 64.6 Å². The molecular formula is C15H11Cl2N3. The van der Waals surface area contributed by atoms with Crippen LogP contribution in [0.4, 0.5) is 5.82 Å². The SMILES string of the molecule is Nc1cc(-c2cc(Cl)ccc2Cl)nn1-c1ccccc1. The largest absolute Gasteiger partial charge is 0.384 e. The topological polar surface area (TPSA) is 43.8 Å². The minimum Gasteiger partial charge on any atom is -0.384 e. The first-order valence-electron chi connectivity index (χ1n) is 6.01. The number of nitrogen functional groups attached to an aromatic ring is 1. The molecule has 0 atom stereocenters. The Morgan fingerprint density at radius 1 is 0.950 bits per heavy atom. The van der Waals surface area contributed by atoms with Crippen LogP contribution in [-0.4, -0.2) is 9.78 Å². The second-order valence-electron chi connectivity index (χ2n) is 4.33. The molecule has 0 aliphatic carbocycles. The van der Waals surface area contributed by atoms with Gasteiger partial charge in [0.05, 0.1) is 16.4 Å². The van der Waals surface area contributed by atoms with Gasteiger partial charge in [0.1, 0.15) is 5.82 Å². The molecule has 0 saturated carbocycles. The lowest BCUT2D eigenvalue weighted by molar-refractivity contribution is 0.895. The molecule has 3 nitrogen and oxygen atoms in total. The smallest absolute Gasteiger partial charge is 0.127 e. The molecule has 3 aromatic rings. The molecule has 1 heterocycles. The standard InChI is InChI=1S/C15H11Cl2N3/c16-10-6-7-13(17)12(8-10)14-9-15(18)20(19-14)11-4-2-1-3-5-11/h1-9H,18H2. The van der Waals surface area contributed by atoms with Crippen LogP contribution >= 0.6 is 23.2 Å². The summed E-state index contributed by atoms with van der Waals surface area (Å²) in [7, 11) is 0. The van der Waals surface area contributed by atoms with Crippen LogP contribution in [0.2, 0.25) is 10.0 Å². The monoisotopic (exact) mass is 303 g/mol. The first-order chi connectivity index (χ1) is 9.65. The van der Waals surface area contributed by atoms with Crippen LogP contribution in [0.25, 0.3) is 16.9 Å². The van der Waals surface area contributed by atoms with Gasteiger partial charge >= 0.3 is 0 Å². The van der Waals surface area contributed by atoms with E-state index < -0.39 is 0 Å². The average Bonchev–Trinajstić information content (AvgIpc) is 2.84. The molecule has 2 aromatic carbocycles. The van der Waals surface area contributed by atoms with Crippen LogP contribution < -0.4 is 5.73 Å². The minimum atomic E-state index is 0.544.